The van der Waals surface area contributed by atoms with Crippen molar-refractivity contribution in [2.75, 3.05) is 6.54 Å². The highest BCUT2D eigenvalue weighted by atomic mass is 32.1. The minimum absolute atomic E-state index is 0.0635. The van der Waals surface area contributed by atoms with Crippen LogP contribution in [-0.2, 0) is 6.54 Å². The zero-order valence-corrected chi connectivity index (χ0v) is 13.5. The Morgan fingerprint density at radius 1 is 1.27 bits per heavy atom. The zero-order valence-electron chi connectivity index (χ0n) is 12.7. The molecule has 0 radical (unpaired) electrons. The van der Waals surface area contributed by atoms with Gasteiger partial charge in [0.05, 0.1) is 11.9 Å². The third-order valence-electron chi connectivity index (χ3n) is 3.42. The Bertz CT molecular complexity index is 821. The Kier molecular flexibility index (Phi) is 4.36. The van der Waals surface area contributed by atoms with E-state index in [1.807, 2.05) is 35.7 Å². The summed E-state index contributed by atoms with van der Waals surface area (Å²) in [6.07, 6.45) is 0. The van der Waals surface area contributed by atoms with Gasteiger partial charge in [0.2, 0.25) is 0 Å². The summed E-state index contributed by atoms with van der Waals surface area (Å²) in [5.74, 6) is 1.27. The molecular formula is C17H19N3OS. The maximum absolute atomic E-state index is 12.4. The van der Waals surface area contributed by atoms with Gasteiger partial charge in [0.15, 0.2) is 0 Å². The lowest BCUT2D eigenvalue weighted by Crippen LogP contribution is -2.22. The summed E-state index contributed by atoms with van der Waals surface area (Å²) >= 11 is 1.52. The van der Waals surface area contributed by atoms with Crippen LogP contribution in [0.4, 0.5) is 0 Å². The van der Waals surface area contributed by atoms with Crippen LogP contribution in [0, 0.1) is 5.92 Å². The maximum atomic E-state index is 12.4. The molecule has 0 atom stereocenters. The van der Waals surface area contributed by atoms with E-state index in [0.717, 1.165) is 22.5 Å². The van der Waals surface area contributed by atoms with E-state index in [-0.39, 0.29) is 5.56 Å². The van der Waals surface area contributed by atoms with Crippen LogP contribution in [-0.4, -0.2) is 16.5 Å². The molecule has 2 N–H and O–H groups in total. The quantitative estimate of drug-likeness (QED) is 0.759. The SMILES string of the molecule is CC(C)CNCc1nc2scc(-c3ccccc3)c2c(=O)[nH]1. The molecule has 0 unspecified atom stereocenters. The molecule has 2 aromatic heterocycles. The predicted molar refractivity (Wildman–Crippen MR) is 92.2 cm³/mol. The van der Waals surface area contributed by atoms with E-state index < -0.39 is 0 Å². The van der Waals surface area contributed by atoms with Crippen molar-refractivity contribution in [1.82, 2.24) is 15.3 Å². The van der Waals surface area contributed by atoms with E-state index in [0.29, 0.717) is 23.7 Å². The summed E-state index contributed by atoms with van der Waals surface area (Å²) < 4.78 is 0. The highest BCUT2D eigenvalue weighted by Gasteiger charge is 2.12. The molecule has 22 heavy (non-hydrogen) atoms. The number of hydrogen-bond donors (Lipinski definition) is 2. The lowest BCUT2D eigenvalue weighted by molar-refractivity contribution is 0.543. The van der Waals surface area contributed by atoms with Crippen molar-refractivity contribution in [3.63, 3.8) is 0 Å². The first kappa shape index (κ1) is 14.9. The highest BCUT2D eigenvalue weighted by Crippen LogP contribution is 2.30. The Hall–Kier alpha value is -1.98. The average molecular weight is 313 g/mol. The molecule has 0 bridgehead atoms. The molecule has 0 fully saturated rings. The Labute approximate surface area is 133 Å². The van der Waals surface area contributed by atoms with Crippen molar-refractivity contribution in [3.8, 4) is 11.1 Å². The molecule has 0 aliphatic heterocycles. The van der Waals surface area contributed by atoms with Crippen LogP contribution in [0.25, 0.3) is 21.3 Å². The smallest absolute Gasteiger partial charge is 0.260 e. The lowest BCUT2D eigenvalue weighted by atomic mass is 10.1. The standard InChI is InChI=1S/C17H19N3OS/c1-11(2)8-18-9-14-19-16(21)15-13(10-22-17(15)20-14)12-6-4-3-5-7-12/h3-7,10-11,18H,8-9H2,1-2H3,(H,19,20,21). The van der Waals surface area contributed by atoms with Crippen molar-refractivity contribution >= 4 is 21.6 Å². The van der Waals surface area contributed by atoms with Crippen LogP contribution in [0.15, 0.2) is 40.5 Å². The molecule has 0 aliphatic carbocycles. The number of thiophene rings is 1. The summed E-state index contributed by atoms with van der Waals surface area (Å²) in [7, 11) is 0. The average Bonchev–Trinajstić information content (AvgIpc) is 2.92. The number of nitrogens with zero attached hydrogens (tertiary/aromatic N) is 1. The number of benzene rings is 1. The minimum atomic E-state index is -0.0635. The van der Waals surface area contributed by atoms with Crippen molar-refractivity contribution in [2.24, 2.45) is 5.92 Å². The van der Waals surface area contributed by atoms with E-state index in [1.54, 1.807) is 0 Å². The van der Waals surface area contributed by atoms with Crippen LogP contribution in [0.5, 0.6) is 0 Å². The van der Waals surface area contributed by atoms with Gasteiger partial charge in [0, 0.05) is 10.9 Å². The predicted octanol–water partition coefficient (Wildman–Crippen LogP) is 3.40. The first-order valence-corrected chi connectivity index (χ1v) is 8.29. The third-order valence-corrected chi connectivity index (χ3v) is 4.30. The normalized spacial score (nSPS) is 11.4. The molecule has 0 spiro atoms. The van der Waals surface area contributed by atoms with Gasteiger partial charge in [-0.05, 0) is 18.0 Å². The van der Waals surface area contributed by atoms with Gasteiger partial charge < -0.3 is 10.3 Å². The molecule has 2 heterocycles. The molecule has 5 heteroatoms. The molecule has 3 aromatic rings. The molecule has 4 nitrogen and oxygen atoms in total. The third kappa shape index (κ3) is 3.10. The molecule has 0 saturated heterocycles. The molecule has 3 rings (SSSR count). The van der Waals surface area contributed by atoms with Crippen LogP contribution in [0.1, 0.15) is 19.7 Å². The van der Waals surface area contributed by atoms with Gasteiger partial charge in [-0.1, -0.05) is 44.2 Å². The van der Waals surface area contributed by atoms with Crippen molar-refractivity contribution in [3.05, 3.63) is 51.9 Å². The molecule has 0 saturated carbocycles. The van der Waals surface area contributed by atoms with Gasteiger partial charge >= 0.3 is 0 Å². The Morgan fingerprint density at radius 3 is 2.77 bits per heavy atom. The monoisotopic (exact) mass is 313 g/mol. The Balaban J connectivity index is 1.95. The number of rotatable bonds is 5. The second-order valence-corrected chi connectivity index (χ2v) is 6.59. The van der Waals surface area contributed by atoms with Gasteiger partial charge in [-0.15, -0.1) is 11.3 Å². The van der Waals surface area contributed by atoms with Crippen molar-refractivity contribution in [1.29, 1.82) is 0 Å². The first-order valence-electron chi connectivity index (χ1n) is 7.41. The van der Waals surface area contributed by atoms with Gasteiger partial charge in [-0.2, -0.15) is 0 Å². The summed E-state index contributed by atoms with van der Waals surface area (Å²) in [4.78, 5) is 20.7. The topological polar surface area (TPSA) is 57.8 Å². The number of aromatic nitrogens is 2. The van der Waals surface area contributed by atoms with Crippen molar-refractivity contribution < 1.29 is 0 Å². The van der Waals surface area contributed by atoms with E-state index in [4.69, 9.17) is 0 Å². The fourth-order valence-corrected chi connectivity index (χ4v) is 3.35. The van der Waals surface area contributed by atoms with Crippen LogP contribution in [0.3, 0.4) is 0 Å². The summed E-state index contributed by atoms with van der Waals surface area (Å²) in [5.41, 5.74) is 1.94. The number of fused-ring (bicyclic) bond motifs is 1. The van der Waals surface area contributed by atoms with Gasteiger partial charge in [-0.3, -0.25) is 4.79 Å². The first-order chi connectivity index (χ1) is 10.6. The molecular weight excluding hydrogens is 294 g/mol. The number of H-pyrrole nitrogens is 1. The summed E-state index contributed by atoms with van der Waals surface area (Å²) in [6, 6.07) is 9.95. The molecule has 1 aromatic carbocycles. The maximum Gasteiger partial charge on any atom is 0.260 e. The molecule has 114 valence electrons. The van der Waals surface area contributed by atoms with Gasteiger partial charge in [0.1, 0.15) is 10.7 Å². The minimum Gasteiger partial charge on any atom is -0.310 e. The summed E-state index contributed by atoms with van der Waals surface area (Å²) in [5, 5.41) is 6.00. The van der Waals surface area contributed by atoms with E-state index in [1.165, 1.54) is 11.3 Å². The molecule has 0 aliphatic rings. The molecule has 0 amide bonds. The Morgan fingerprint density at radius 2 is 2.05 bits per heavy atom. The fourth-order valence-electron chi connectivity index (χ4n) is 2.39. The van der Waals surface area contributed by atoms with Crippen LogP contribution in [0.2, 0.25) is 0 Å². The highest BCUT2D eigenvalue weighted by molar-refractivity contribution is 7.17. The van der Waals surface area contributed by atoms with Gasteiger partial charge in [0.25, 0.3) is 5.56 Å². The summed E-state index contributed by atoms with van der Waals surface area (Å²) in [6.45, 7) is 5.79. The lowest BCUT2D eigenvalue weighted by Gasteiger charge is -2.06. The van der Waals surface area contributed by atoms with Crippen LogP contribution < -0.4 is 10.9 Å². The number of hydrogen-bond acceptors (Lipinski definition) is 4. The second kappa shape index (κ2) is 6.42. The second-order valence-electron chi connectivity index (χ2n) is 5.73. The largest absolute Gasteiger partial charge is 0.310 e. The van der Waals surface area contributed by atoms with Crippen molar-refractivity contribution in [2.45, 2.75) is 20.4 Å². The zero-order chi connectivity index (χ0) is 15.5. The van der Waals surface area contributed by atoms with E-state index in [2.05, 4.69) is 29.1 Å². The van der Waals surface area contributed by atoms with E-state index >= 15 is 0 Å². The number of aromatic amines is 1. The number of nitrogens with one attached hydrogen (secondary N) is 2. The van der Waals surface area contributed by atoms with E-state index in [9.17, 15) is 4.79 Å². The van der Waals surface area contributed by atoms with Gasteiger partial charge in [-0.25, -0.2) is 4.98 Å². The fraction of sp³-hybridized carbons (Fsp3) is 0.294. The van der Waals surface area contributed by atoms with Crippen LogP contribution >= 0.6 is 11.3 Å².